The molecule has 1 rings (SSSR count). The van der Waals surface area contributed by atoms with Gasteiger partial charge in [0.2, 0.25) is 9.70 Å². The smallest absolute Gasteiger partial charge is 0.348 e. The van der Waals surface area contributed by atoms with Gasteiger partial charge in [-0.15, -0.1) is 11.3 Å². The van der Waals surface area contributed by atoms with E-state index in [0.29, 0.717) is 5.56 Å². The first-order chi connectivity index (χ1) is 12.9. The molecule has 2 N–H and O–H groups in total. The van der Waals surface area contributed by atoms with E-state index in [9.17, 15) is 14.4 Å². The third kappa shape index (κ3) is 6.40. The van der Waals surface area contributed by atoms with Crippen LogP contribution in [0.25, 0.3) is 0 Å². The quantitative estimate of drug-likeness (QED) is 0.332. The van der Waals surface area contributed by atoms with Crippen LogP contribution in [-0.2, 0) is 14.3 Å². The third-order valence-corrected chi connectivity index (χ3v) is 5.36. The van der Waals surface area contributed by atoms with Crippen molar-refractivity contribution in [2.24, 2.45) is 5.92 Å². The van der Waals surface area contributed by atoms with E-state index in [0.717, 1.165) is 11.3 Å². The van der Waals surface area contributed by atoms with Crippen LogP contribution in [0.5, 0.6) is 0 Å². The number of hydrogen-bond acceptors (Lipinski definition) is 7. The largest absolute Gasteiger partial charge is 0.462 e. The minimum Gasteiger partial charge on any atom is -0.462 e. The first-order valence-corrected chi connectivity index (χ1v) is 10.5. The molecule has 1 aromatic rings. The molecule has 0 radical (unpaired) electrons. The number of anilines is 1. The van der Waals surface area contributed by atoms with Gasteiger partial charge in [0.05, 0.1) is 18.8 Å². The lowest BCUT2D eigenvalue weighted by Gasteiger charge is -2.28. The van der Waals surface area contributed by atoms with E-state index in [2.05, 4.69) is 10.6 Å². The summed E-state index contributed by atoms with van der Waals surface area (Å²) in [6.07, 6.45) is -1.16. The maximum absolute atomic E-state index is 12.4. The summed E-state index contributed by atoms with van der Waals surface area (Å²) in [6, 6.07) is 0. The van der Waals surface area contributed by atoms with Crippen LogP contribution in [-0.4, -0.2) is 41.0 Å². The van der Waals surface area contributed by atoms with Crippen molar-refractivity contribution in [2.75, 3.05) is 18.5 Å². The normalized spacial score (nSPS) is 12.5. The highest BCUT2D eigenvalue weighted by Crippen LogP contribution is 2.38. The summed E-state index contributed by atoms with van der Waals surface area (Å²) in [7, 11) is 0. The van der Waals surface area contributed by atoms with Crippen molar-refractivity contribution in [3.05, 3.63) is 16.0 Å². The molecule has 0 saturated carbocycles. The molecule has 1 unspecified atom stereocenters. The molecule has 1 atom stereocenters. The summed E-state index contributed by atoms with van der Waals surface area (Å²) in [5.41, 5.74) is 0.496. The first kappa shape index (κ1) is 24.8. The molecule has 1 aromatic heterocycles. The number of ether oxygens (including phenoxy) is 2. The van der Waals surface area contributed by atoms with Gasteiger partial charge in [0, 0.05) is 5.92 Å². The Hall–Kier alpha value is -1.22. The number of rotatable bonds is 8. The van der Waals surface area contributed by atoms with Crippen LogP contribution in [0.3, 0.4) is 0 Å². The molecular formula is C17H23Cl3N2O5S. The van der Waals surface area contributed by atoms with Crippen molar-refractivity contribution in [3.63, 3.8) is 0 Å². The molecule has 11 heteroatoms. The number of carbonyl (C=O) groups is 3. The van der Waals surface area contributed by atoms with Crippen molar-refractivity contribution in [1.82, 2.24) is 5.32 Å². The number of carbonyl (C=O) groups excluding carboxylic acids is 3. The highest BCUT2D eigenvalue weighted by atomic mass is 35.6. The van der Waals surface area contributed by atoms with E-state index in [4.69, 9.17) is 44.3 Å². The van der Waals surface area contributed by atoms with E-state index in [1.54, 1.807) is 34.6 Å². The molecular weight excluding hydrogens is 451 g/mol. The van der Waals surface area contributed by atoms with Crippen molar-refractivity contribution >= 4 is 69.0 Å². The molecule has 0 fully saturated rings. The summed E-state index contributed by atoms with van der Waals surface area (Å²) in [4.78, 5) is 37.0. The molecule has 0 aliphatic rings. The predicted molar refractivity (Wildman–Crippen MR) is 112 cm³/mol. The molecule has 1 amide bonds. The second-order valence-corrected chi connectivity index (χ2v) is 9.37. The van der Waals surface area contributed by atoms with Gasteiger partial charge in [-0.3, -0.25) is 4.79 Å². The van der Waals surface area contributed by atoms with Crippen LogP contribution >= 0.6 is 46.1 Å². The minimum atomic E-state index is -1.93. The summed E-state index contributed by atoms with van der Waals surface area (Å²) in [5, 5.41) is 5.65. The zero-order valence-electron chi connectivity index (χ0n) is 16.2. The second-order valence-electron chi connectivity index (χ2n) is 5.98. The van der Waals surface area contributed by atoms with Crippen LogP contribution in [0.4, 0.5) is 5.00 Å². The zero-order chi connectivity index (χ0) is 21.6. The van der Waals surface area contributed by atoms with Gasteiger partial charge >= 0.3 is 11.9 Å². The number of alkyl halides is 3. The minimum absolute atomic E-state index is 0.118. The molecule has 158 valence electrons. The van der Waals surface area contributed by atoms with Crippen molar-refractivity contribution in [1.29, 1.82) is 0 Å². The first-order valence-electron chi connectivity index (χ1n) is 8.55. The maximum Gasteiger partial charge on any atom is 0.348 e. The number of thiophene rings is 1. The molecule has 7 nitrogen and oxygen atoms in total. The van der Waals surface area contributed by atoms with Gasteiger partial charge in [-0.25, -0.2) is 9.59 Å². The number of amides is 1. The second kappa shape index (κ2) is 10.5. The van der Waals surface area contributed by atoms with E-state index >= 15 is 0 Å². The molecule has 0 spiro atoms. The van der Waals surface area contributed by atoms with Crippen molar-refractivity contribution in [3.8, 4) is 0 Å². The van der Waals surface area contributed by atoms with E-state index < -0.39 is 21.9 Å². The number of hydrogen-bond donors (Lipinski definition) is 2. The lowest BCUT2D eigenvalue weighted by atomic mass is 10.1. The summed E-state index contributed by atoms with van der Waals surface area (Å²) in [6.45, 7) is 8.61. The standard InChI is InChI=1S/C17H23Cl3N2O5S/c1-6-26-14(24)10-9(5)11(15(25)27-7-2)28-13(10)22-16(17(18,19)20)21-12(23)8(3)4/h8,16,22H,6-7H2,1-5H3,(H,21,23). The number of esters is 2. The highest BCUT2D eigenvalue weighted by Gasteiger charge is 2.37. The molecule has 0 saturated heterocycles. The Morgan fingerprint density at radius 3 is 2.07 bits per heavy atom. The highest BCUT2D eigenvalue weighted by molar-refractivity contribution is 7.18. The van der Waals surface area contributed by atoms with Gasteiger partial charge < -0.3 is 20.1 Å². The third-order valence-electron chi connectivity index (χ3n) is 3.50. The lowest BCUT2D eigenvalue weighted by molar-refractivity contribution is -0.124. The Morgan fingerprint density at radius 2 is 1.61 bits per heavy atom. The Labute approximate surface area is 183 Å². The van der Waals surface area contributed by atoms with Gasteiger partial charge in [-0.1, -0.05) is 48.7 Å². The lowest BCUT2D eigenvalue weighted by Crippen LogP contribution is -2.50. The van der Waals surface area contributed by atoms with Crippen LogP contribution in [0.15, 0.2) is 0 Å². The fourth-order valence-electron chi connectivity index (χ4n) is 2.10. The fourth-order valence-corrected chi connectivity index (χ4v) is 3.54. The predicted octanol–water partition coefficient (Wildman–Crippen LogP) is 4.29. The molecule has 0 aliphatic heterocycles. The Balaban J connectivity index is 3.38. The SMILES string of the molecule is CCOC(=O)c1sc(NC(NC(=O)C(C)C)C(Cl)(Cl)Cl)c(C(=O)OCC)c1C. The molecule has 0 aromatic carbocycles. The summed E-state index contributed by atoms with van der Waals surface area (Å²) in [5.74, 6) is -1.95. The molecule has 0 aliphatic carbocycles. The van der Waals surface area contributed by atoms with E-state index in [-0.39, 0.29) is 40.5 Å². The van der Waals surface area contributed by atoms with Crippen LogP contribution in [0.2, 0.25) is 0 Å². The van der Waals surface area contributed by atoms with E-state index in [1.165, 1.54) is 0 Å². The van der Waals surface area contributed by atoms with Gasteiger partial charge in [0.15, 0.2) is 0 Å². The Morgan fingerprint density at radius 1 is 1.07 bits per heavy atom. The van der Waals surface area contributed by atoms with Crippen LogP contribution < -0.4 is 10.6 Å². The van der Waals surface area contributed by atoms with Crippen molar-refractivity contribution in [2.45, 2.75) is 44.6 Å². The van der Waals surface area contributed by atoms with Gasteiger partial charge in [-0.2, -0.15) is 0 Å². The van der Waals surface area contributed by atoms with E-state index in [1.807, 2.05) is 0 Å². The summed E-state index contributed by atoms with van der Waals surface area (Å²) < 4.78 is 8.17. The van der Waals surface area contributed by atoms with Crippen LogP contribution in [0.1, 0.15) is 53.3 Å². The fraction of sp³-hybridized carbons (Fsp3) is 0.588. The number of nitrogens with one attached hydrogen (secondary N) is 2. The van der Waals surface area contributed by atoms with Gasteiger partial charge in [-0.05, 0) is 26.3 Å². The average Bonchev–Trinajstić information content (AvgIpc) is 2.90. The Bertz CT molecular complexity index is 731. The number of halogens is 3. The van der Waals surface area contributed by atoms with Gasteiger partial charge in [0.1, 0.15) is 16.0 Å². The molecule has 28 heavy (non-hydrogen) atoms. The molecule has 1 heterocycles. The maximum atomic E-state index is 12.4. The Kier molecular flexibility index (Phi) is 9.33. The van der Waals surface area contributed by atoms with Crippen LogP contribution in [0, 0.1) is 12.8 Å². The van der Waals surface area contributed by atoms with Crippen molar-refractivity contribution < 1.29 is 23.9 Å². The topological polar surface area (TPSA) is 93.7 Å². The molecule has 0 bridgehead atoms. The zero-order valence-corrected chi connectivity index (χ0v) is 19.2. The average molecular weight is 474 g/mol. The van der Waals surface area contributed by atoms with Gasteiger partial charge in [0.25, 0.3) is 0 Å². The summed E-state index contributed by atoms with van der Waals surface area (Å²) >= 11 is 19.0. The monoisotopic (exact) mass is 472 g/mol.